The third-order valence-corrected chi connectivity index (χ3v) is 2.29. The summed E-state index contributed by atoms with van der Waals surface area (Å²) in [6.45, 7) is 0. The summed E-state index contributed by atoms with van der Waals surface area (Å²) in [5.41, 5.74) is -4.29. The summed E-state index contributed by atoms with van der Waals surface area (Å²) in [6.07, 6.45) is -10.5. The number of benzene rings is 1. The van der Waals surface area contributed by atoms with Crippen molar-refractivity contribution in [1.82, 2.24) is 0 Å². The van der Waals surface area contributed by atoms with E-state index in [9.17, 15) is 36.5 Å². The van der Waals surface area contributed by atoms with E-state index in [2.05, 4.69) is 0 Å². The number of hydrogen-bond donors (Lipinski definition) is 0. The smallest absolute Gasteiger partial charge is 0.259 e. The number of nitrogens with zero attached hydrogens (tertiary/aromatic N) is 1. The van der Waals surface area contributed by atoms with E-state index < -0.39 is 45.2 Å². The number of alkyl halides is 6. The van der Waals surface area contributed by atoms with E-state index in [1.807, 2.05) is 0 Å². The van der Waals surface area contributed by atoms with Crippen LogP contribution in [0.3, 0.4) is 0 Å². The van der Waals surface area contributed by atoms with Gasteiger partial charge in [0.15, 0.2) is 0 Å². The minimum absolute atomic E-state index is 0.148. The molecule has 0 N–H and O–H groups in total. The molecule has 0 aromatic heterocycles. The molecule has 0 bridgehead atoms. The average molecular weight is 320 g/mol. The molecule has 0 aliphatic rings. The van der Waals surface area contributed by atoms with Crippen LogP contribution in [0.4, 0.5) is 26.3 Å². The zero-order valence-corrected chi connectivity index (χ0v) is 9.97. The van der Waals surface area contributed by atoms with E-state index in [1.165, 1.54) is 0 Å². The van der Waals surface area contributed by atoms with Gasteiger partial charge in [-0.1, -0.05) is 11.6 Å². The highest BCUT2D eigenvalue weighted by Crippen LogP contribution is 2.38. The predicted octanol–water partition coefficient (Wildman–Crippen LogP) is 4.54. The second-order valence-corrected chi connectivity index (χ2v) is 3.99. The second-order valence-electron chi connectivity index (χ2n) is 3.55. The van der Waals surface area contributed by atoms with Crippen molar-refractivity contribution in [3.8, 4) is 0 Å². The fourth-order valence-electron chi connectivity index (χ4n) is 1.33. The van der Waals surface area contributed by atoms with Gasteiger partial charge in [0.2, 0.25) is 6.20 Å². The third kappa shape index (κ3) is 4.12. The van der Waals surface area contributed by atoms with Crippen LogP contribution in [-0.4, -0.2) is 11.1 Å². The molecule has 0 aliphatic heterocycles. The molecule has 10 heteroatoms. The number of nitro groups is 1. The monoisotopic (exact) mass is 319 g/mol. The highest BCUT2D eigenvalue weighted by atomic mass is 35.5. The first-order valence-corrected chi connectivity index (χ1v) is 5.09. The van der Waals surface area contributed by atoms with E-state index in [4.69, 9.17) is 11.6 Å². The summed E-state index contributed by atoms with van der Waals surface area (Å²) in [7, 11) is 0. The molecule has 0 radical (unpaired) electrons. The summed E-state index contributed by atoms with van der Waals surface area (Å²) in [4.78, 5) is 8.76. The Balaban J connectivity index is 3.51. The zero-order chi connectivity index (χ0) is 15.7. The molecular formula is C10H4ClF6NO2. The Hall–Kier alpha value is -1.77. The largest absolute Gasteiger partial charge is 0.422 e. The lowest BCUT2D eigenvalue weighted by Crippen LogP contribution is -2.14. The van der Waals surface area contributed by atoms with Crippen LogP contribution in [0.15, 0.2) is 24.4 Å². The molecule has 3 nitrogen and oxygen atoms in total. The van der Waals surface area contributed by atoms with Gasteiger partial charge >= 0.3 is 12.4 Å². The first kappa shape index (κ1) is 16.3. The molecular weight excluding hydrogens is 316 g/mol. The molecule has 1 aromatic carbocycles. The van der Waals surface area contributed by atoms with E-state index >= 15 is 0 Å². The van der Waals surface area contributed by atoms with Crippen molar-refractivity contribution < 1.29 is 31.3 Å². The van der Waals surface area contributed by atoms with Crippen molar-refractivity contribution in [2.45, 2.75) is 12.4 Å². The van der Waals surface area contributed by atoms with Crippen molar-refractivity contribution in [2.75, 3.05) is 0 Å². The molecule has 0 unspecified atom stereocenters. The summed E-state index contributed by atoms with van der Waals surface area (Å²) in [6, 6.07) is 1.14. The Labute approximate surface area is 112 Å². The van der Waals surface area contributed by atoms with Crippen molar-refractivity contribution in [3.05, 3.63) is 50.7 Å². The number of allylic oxidation sites excluding steroid dienone is 1. The molecule has 20 heavy (non-hydrogen) atoms. The quantitative estimate of drug-likeness (QED) is 0.456. The van der Waals surface area contributed by atoms with Gasteiger partial charge in [0.05, 0.1) is 10.5 Å². The lowest BCUT2D eigenvalue weighted by Gasteiger charge is -2.13. The maximum absolute atomic E-state index is 12.6. The molecule has 0 saturated heterocycles. The molecule has 1 aromatic rings. The Morgan fingerprint density at radius 2 is 1.70 bits per heavy atom. The lowest BCUT2D eigenvalue weighted by atomic mass is 10.0. The highest BCUT2D eigenvalue weighted by molar-refractivity contribution is 6.30. The standard InChI is InChI=1S/C10H4ClF6NO2/c11-7-2-5(1-6(3-7)9(12,13)14)8(4-18(19)20)10(15,16)17/h1-4H. The van der Waals surface area contributed by atoms with Gasteiger partial charge in [-0.15, -0.1) is 0 Å². The molecule has 0 aliphatic carbocycles. The molecule has 0 amide bonds. The Bertz CT molecular complexity index is 564. The van der Waals surface area contributed by atoms with E-state index in [-0.39, 0.29) is 6.07 Å². The third-order valence-electron chi connectivity index (χ3n) is 2.08. The van der Waals surface area contributed by atoms with Crippen LogP contribution in [0.25, 0.3) is 5.57 Å². The molecule has 0 fully saturated rings. The molecule has 110 valence electrons. The number of hydrogen-bond acceptors (Lipinski definition) is 2. The van der Waals surface area contributed by atoms with Gasteiger partial charge in [-0.3, -0.25) is 10.1 Å². The fourth-order valence-corrected chi connectivity index (χ4v) is 1.56. The van der Waals surface area contributed by atoms with Gasteiger partial charge in [-0.2, -0.15) is 26.3 Å². The van der Waals surface area contributed by atoms with E-state index in [0.717, 1.165) is 0 Å². The van der Waals surface area contributed by atoms with Crippen molar-refractivity contribution in [3.63, 3.8) is 0 Å². The second kappa shape index (κ2) is 5.31. The number of rotatable bonds is 2. The van der Waals surface area contributed by atoms with Gasteiger partial charge in [-0.25, -0.2) is 0 Å². The average Bonchev–Trinajstić information content (AvgIpc) is 2.22. The summed E-state index contributed by atoms with van der Waals surface area (Å²) in [5, 5.41) is 9.55. The van der Waals surface area contributed by atoms with Crippen LogP contribution in [0.2, 0.25) is 5.02 Å². The fraction of sp³-hybridized carbons (Fsp3) is 0.200. The van der Waals surface area contributed by atoms with Crippen LogP contribution in [-0.2, 0) is 6.18 Å². The Morgan fingerprint density at radius 3 is 2.10 bits per heavy atom. The molecule has 0 atom stereocenters. The minimum Gasteiger partial charge on any atom is -0.259 e. The van der Waals surface area contributed by atoms with Crippen LogP contribution in [0.1, 0.15) is 11.1 Å². The SMILES string of the molecule is O=[N+]([O-])C=C(c1cc(Cl)cc(C(F)(F)F)c1)C(F)(F)F. The van der Waals surface area contributed by atoms with Gasteiger partial charge in [0.1, 0.15) is 5.57 Å². The molecule has 0 saturated carbocycles. The van der Waals surface area contributed by atoms with Gasteiger partial charge in [0.25, 0.3) is 0 Å². The maximum Gasteiger partial charge on any atom is 0.422 e. The first-order chi connectivity index (χ1) is 8.91. The minimum atomic E-state index is -5.19. The van der Waals surface area contributed by atoms with E-state index in [1.54, 1.807) is 0 Å². The Morgan fingerprint density at radius 1 is 1.15 bits per heavy atom. The first-order valence-electron chi connectivity index (χ1n) is 4.72. The molecule has 1 rings (SSSR count). The van der Waals surface area contributed by atoms with E-state index in [0.29, 0.717) is 12.1 Å². The number of halogens is 7. The van der Waals surface area contributed by atoms with Crippen molar-refractivity contribution >= 4 is 17.2 Å². The summed E-state index contributed by atoms with van der Waals surface area (Å²) >= 11 is 5.32. The zero-order valence-electron chi connectivity index (χ0n) is 9.22. The van der Waals surface area contributed by atoms with Gasteiger partial charge in [-0.05, 0) is 23.8 Å². The summed E-state index contributed by atoms with van der Waals surface area (Å²) < 4.78 is 75.3. The van der Waals surface area contributed by atoms with Gasteiger partial charge in [0, 0.05) is 5.02 Å². The van der Waals surface area contributed by atoms with Crippen LogP contribution in [0, 0.1) is 10.1 Å². The normalized spacial score (nSPS) is 13.4. The van der Waals surface area contributed by atoms with Gasteiger partial charge < -0.3 is 0 Å². The summed E-state index contributed by atoms with van der Waals surface area (Å²) in [5.74, 6) is 0. The maximum atomic E-state index is 12.6. The van der Waals surface area contributed by atoms with Crippen molar-refractivity contribution in [1.29, 1.82) is 0 Å². The lowest BCUT2D eigenvalue weighted by molar-refractivity contribution is -0.402. The van der Waals surface area contributed by atoms with Crippen LogP contribution < -0.4 is 0 Å². The van der Waals surface area contributed by atoms with Crippen LogP contribution in [0.5, 0.6) is 0 Å². The molecule has 0 spiro atoms. The van der Waals surface area contributed by atoms with Crippen LogP contribution >= 0.6 is 11.6 Å². The highest BCUT2D eigenvalue weighted by Gasteiger charge is 2.39. The van der Waals surface area contributed by atoms with Crippen molar-refractivity contribution in [2.24, 2.45) is 0 Å². The molecule has 0 heterocycles. The topological polar surface area (TPSA) is 43.1 Å². The Kier molecular flexibility index (Phi) is 4.33. The predicted molar refractivity (Wildman–Crippen MR) is 57.5 cm³/mol.